The van der Waals surface area contributed by atoms with Gasteiger partial charge in [0.2, 0.25) is 0 Å². The van der Waals surface area contributed by atoms with Crippen LogP contribution in [0.15, 0.2) is 70.4 Å². The zero-order valence-corrected chi connectivity index (χ0v) is 14.9. The number of ketones is 1. The lowest BCUT2D eigenvalue weighted by Gasteiger charge is -2.10. The first-order valence-corrected chi connectivity index (χ1v) is 8.43. The topological polar surface area (TPSA) is 138 Å². The Bertz CT molecular complexity index is 1180. The molecule has 0 atom stereocenters. The molecule has 0 aliphatic carbocycles. The first kappa shape index (κ1) is 19.5. The number of benzene rings is 2. The second-order valence-electron chi connectivity index (χ2n) is 5.85. The van der Waals surface area contributed by atoms with Crippen molar-refractivity contribution in [3.8, 4) is 0 Å². The molecular formula is C20H15N3O6. The molecule has 0 aliphatic heterocycles. The van der Waals surface area contributed by atoms with Gasteiger partial charge in [-0.25, -0.2) is 9.59 Å². The number of hydrogen-bond donors (Lipinski definition) is 3. The Morgan fingerprint density at radius 3 is 2.31 bits per heavy atom. The summed E-state index contributed by atoms with van der Waals surface area (Å²) in [4.78, 5) is 63.2. The Hall–Kier alpha value is -4.27. The highest BCUT2D eigenvalue weighted by Crippen LogP contribution is 2.19. The van der Waals surface area contributed by atoms with Crippen LogP contribution in [-0.2, 0) is 9.53 Å². The molecule has 29 heavy (non-hydrogen) atoms. The van der Waals surface area contributed by atoms with Crippen LogP contribution in [-0.4, -0.2) is 34.2 Å². The first-order valence-electron chi connectivity index (χ1n) is 8.43. The highest BCUT2D eigenvalue weighted by molar-refractivity contribution is 6.13. The van der Waals surface area contributed by atoms with Crippen molar-refractivity contribution >= 4 is 23.3 Å². The Morgan fingerprint density at radius 2 is 1.59 bits per heavy atom. The van der Waals surface area contributed by atoms with E-state index < -0.39 is 35.3 Å². The molecule has 3 aromatic rings. The van der Waals surface area contributed by atoms with Crippen LogP contribution in [0.5, 0.6) is 0 Å². The molecule has 0 aliphatic rings. The van der Waals surface area contributed by atoms with Gasteiger partial charge in [0.25, 0.3) is 11.5 Å². The van der Waals surface area contributed by atoms with Crippen LogP contribution >= 0.6 is 0 Å². The van der Waals surface area contributed by atoms with Crippen molar-refractivity contribution in [2.24, 2.45) is 0 Å². The summed E-state index contributed by atoms with van der Waals surface area (Å²) < 4.78 is 4.79. The molecule has 0 saturated heterocycles. The van der Waals surface area contributed by atoms with E-state index in [4.69, 9.17) is 4.74 Å². The zero-order chi connectivity index (χ0) is 20.8. The van der Waals surface area contributed by atoms with Gasteiger partial charge in [0.05, 0.1) is 5.69 Å². The molecule has 0 spiro atoms. The quantitative estimate of drug-likeness (QED) is 0.423. The summed E-state index contributed by atoms with van der Waals surface area (Å²) in [7, 11) is 0. The van der Waals surface area contributed by atoms with E-state index in [-0.39, 0.29) is 17.0 Å². The van der Waals surface area contributed by atoms with E-state index in [1.807, 2.05) is 4.98 Å². The first-order chi connectivity index (χ1) is 14.0. The van der Waals surface area contributed by atoms with Gasteiger partial charge in [0.1, 0.15) is 5.56 Å². The smallest absolute Gasteiger partial charge is 0.345 e. The fourth-order valence-electron chi connectivity index (χ4n) is 2.49. The van der Waals surface area contributed by atoms with Crippen LogP contribution in [0.1, 0.15) is 26.3 Å². The largest absolute Gasteiger partial charge is 0.452 e. The minimum absolute atomic E-state index is 0.254. The standard InChI is InChI=1S/C20H15N3O6/c24-16(11-29-19(27)14-10-21-20(28)23-18(14)26)22-15-9-5-4-8-13(15)17(25)12-6-2-1-3-7-12/h1-10H,11H2,(H,22,24)(H2,21,23,26,28). The van der Waals surface area contributed by atoms with Gasteiger partial charge in [-0.05, 0) is 12.1 Å². The third-order valence-corrected chi connectivity index (χ3v) is 3.86. The van der Waals surface area contributed by atoms with E-state index >= 15 is 0 Å². The fourth-order valence-corrected chi connectivity index (χ4v) is 2.49. The van der Waals surface area contributed by atoms with Gasteiger partial charge in [0, 0.05) is 17.3 Å². The summed E-state index contributed by atoms with van der Waals surface area (Å²) in [6, 6.07) is 15.0. The predicted octanol–water partition coefficient (Wildman–Crippen LogP) is 1.09. The average molecular weight is 393 g/mol. The molecule has 3 rings (SSSR count). The number of para-hydroxylation sites is 1. The summed E-state index contributed by atoms with van der Waals surface area (Å²) in [5, 5.41) is 2.51. The molecule has 0 saturated carbocycles. The average Bonchev–Trinajstić information content (AvgIpc) is 2.72. The van der Waals surface area contributed by atoms with Crippen molar-refractivity contribution in [3.05, 3.63) is 98.3 Å². The van der Waals surface area contributed by atoms with Crippen LogP contribution in [0, 0.1) is 0 Å². The maximum absolute atomic E-state index is 12.7. The number of ether oxygens (including phenoxy) is 1. The van der Waals surface area contributed by atoms with Crippen LogP contribution in [0.25, 0.3) is 0 Å². The molecule has 0 radical (unpaired) electrons. The number of carbonyl (C=O) groups excluding carboxylic acids is 3. The Labute approximate surface area is 163 Å². The van der Waals surface area contributed by atoms with Crippen molar-refractivity contribution < 1.29 is 19.1 Å². The third-order valence-electron chi connectivity index (χ3n) is 3.86. The molecule has 3 N–H and O–H groups in total. The second kappa shape index (κ2) is 8.61. The Balaban J connectivity index is 1.68. The number of carbonyl (C=O) groups is 3. The highest BCUT2D eigenvalue weighted by atomic mass is 16.5. The van der Waals surface area contributed by atoms with E-state index in [9.17, 15) is 24.0 Å². The molecule has 9 nitrogen and oxygen atoms in total. The van der Waals surface area contributed by atoms with Crippen molar-refractivity contribution in [1.82, 2.24) is 9.97 Å². The number of esters is 1. The van der Waals surface area contributed by atoms with E-state index in [0.717, 1.165) is 6.20 Å². The maximum Gasteiger partial charge on any atom is 0.345 e. The Kier molecular flexibility index (Phi) is 5.79. The summed E-state index contributed by atoms with van der Waals surface area (Å²) in [5.41, 5.74) is -1.17. The number of aromatic amines is 2. The number of H-pyrrole nitrogens is 2. The van der Waals surface area contributed by atoms with Gasteiger partial charge in [0.15, 0.2) is 12.4 Å². The summed E-state index contributed by atoms with van der Waals surface area (Å²) in [6.07, 6.45) is 0.898. The summed E-state index contributed by atoms with van der Waals surface area (Å²) in [6.45, 7) is -0.689. The van der Waals surface area contributed by atoms with Gasteiger partial charge in [-0.3, -0.25) is 19.4 Å². The highest BCUT2D eigenvalue weighted by Gasteiger charge is 2.17. The molecule has 1 aromatic heterocycles. The van der Waals surface area contributed by atoms with Crippen LogP contribution in [0.4, 0.5) is 5.69 Å². The molecule has 146 valence electrons. The summed E-state index contributed by atoms with van der Waals surface area (Å²) in [5.74, 6) is -2.06. The minimum atomic E-state index is -1.08. The molecule has 0 fully saturated rings. The zero-order valence-electron chi connectivity index (χ0n) is 14.9. The third kappa shape index (κ3) is 4.72. The molecule has 2 aromatic carbocycles. The number of nitrogens with one attached hydrogen (secondary N) is 3. The predicted molar refractivity (Wildman–Crippen MR) is 103 cm³/mol. The van der Waals surface area contributed by atoms with Crippen molar-refractivity contribution in [2.75, 3.05) is 11.9 Å². The number of hydrogen-bond acceptors (Lipinski definition) is 6. The van der Waals surface area contributed by atoms with E-state index in [2.05, 4.69) is 10.3 Å². The molecule has 0 unspecified atom stereocenters. The van der Waals surface area contributed by atoms with Crippen LogP contribution in [0.2, 0.25) is 0 Å². The maximum atomic E-state index is 12.7. The molecule has 9 heteroatoms. The van der Waals surface area contributed by atoms with E-state index in [1.54, 1.807) is 54.6 Å². The molecule has 1 amide bonds. The monoisotopic (exact) mass is 393 g/mol. The number of anilines is 1. The normalized spacial score (nSPS) is 10.2. The number of rotatable bonds is 6. The van der Waals surface area contributed by atoms with Crippen molar-refractivity contribution in [3.63, 3.8) is 0 Å². The number of amides is 1. The lowest BCUT2D eigenvalue weighted by atomic mass is 10.0. The fraction of sp³-hybridized carbons (Fsp3) is 0.0500. The number of aromatic nitrogens is 2. The minimum Gasteiger partial charge on any atom is -0.452 e. The van der Waals surface area contributed by atoms with Gasteiger partial charge >= 0.3 is 11.7 Å². The van der Waals surface area contributed by atoms with Crippen LogP contribution in [0.3, 0.4) is 0 Å². The van der Waals surface area contributed by atoms with E-state index in [0.29, 0.717) is 5.56 Å². The molecule has 1 heterocycles. The Morgan fingerprint density at radius 1 is 0.897 bits per heavy atom. The van der Waals surface area contributed by atoms with Crippen molar-refractivity contribution in [2.45, 2.75) is 0 Å². The van der Waals surface area contributed by atoms with Gasteiger partial charge in [-0.2, -0.15) is 0 Å². The van der Waals surface area contributed by atoms with Gasteiger partial charge < -0.3 is 15.0 Å². The lowest BCUT2D eigenvalue weighted by Crippen LogP contribution is -2.29. The van der Waals surface area contributed by atoms with Crippen molar-refractivity contribution in [1.29, 1.82) is 0 Å². The SMILES string of the molecule is O=C(COC(=O)c1c[nH]c(=O)[nH]c1=O)Nc1ccccc1C(=O)c1ccccc1. The second-order valence-corrected chi connectivity index (χ2v) is 5.85. The lowest BCUT2D eigenvalue weighted by molar-refractivity contribution is -0.119. The van der Waals surface area contributed by atoms with Crippen LogP contribution < -0.4 is 16.6 Å². The van der Waals surface area contributed by atoms with Gasteiger partial charge in [-0.15, -0.1) is 0 Å². The van der Waals surface area contributed by atoms with Gasteiger partial charge in [-0.1, -0.05) is 42.5 Å². The molecule has 0 bridgehead atoms. The molecular weight excluding hydrogens is 378 g/mol. The summed E-state index contributed by atoms with van der Waals surface area (Å²) >= 11 is 0. The van der Waals surface area contributed by atoms with E-state index in [1.165, 1.54) is 0 Å².